The van der Waals surface area contributed by atoms with Gasteiger partial charge in [-0.1, -0.05) is 11.8 Å². The summed E-state index contributed by atoms with van der Waals surface area (Å²) in [6, 6.07) is 0. The highest BCUT2D eigenvalue weighted by Crippen LogP contribution is 2.29. The number of hydrogen-bond donors (Lipinski definition) is 1. The number of nitrogens with zero attached hydrogens (tertiary/aromatic N) is 2. The molecule has 1 atom stereocenters. The first kappa shape index (κ1) is 9.85. The third-order valence-electron chi connectivity index (χ3n) is 3.50. The molecule has 3 rings (SSSR count). The van der Waals surface area contributed by atoms with Gasteiger partial charge in [-0.15, -0.1) is 0 Å². The first-order valence-electron chi connectivity index (χ1n) is 6.05. The number of likely N-dealkylation sites (tertiary alicyclic amines) is 2. The number of nitrogens with one attached hydrogen (secondary N) is 1. The second-order valence-corrected chi connectivity index (χ2v) is 5.53. The van der Waals surface area contributed by atoms with Crippen molar-refractivity contribution in [1.29, 1.82) is 0 Å². The molecule has 84 valence electrons. The van der Waals surface area contributed by atoms with Gasteiger partial charge < -0.3 is 10.2 Å². The Hall–Kier alpha value is -0.350. The van der Waals surface area contributed by atoms with Gasteiger partial charge in [0.1, 0.15) is 11.3 Å². The molecule has 2 fully saturated rings. The van der Waals surface area contributed by atoms with Crippen LogP contribution in [0.3, 0.4) is 0 Å². The van der Waals surface area contributed by atoms with Gasteiger partial charge in [0, 0.05) is 31.6 Å². The average Bonchev–Trinajstić information content (AvgIpc) is 3.02. The van der Waals surface area contributed by atoms with E-state index in [0.717, 1.165) is 0 Å². The summed E-state index contributed by atoms with van der Waals surface area (Å²) in [5.41, 5.74) is 0.517. The highest BCUT2D eigenvalue weighted by molar-refractivity contribution is 8.02. The van der Waals surface area contributed by atoms with Gasteiger partial charge in [0.15, 0.2) is 0 Å². The van der Waals surface area contributed by atoms with Gasteiger partial charge in [-0.3, -0.25) is 4.90 Å². The molecular weight excluding hydrogens is 206 g/mol. The first-order valence-corrected chi connectivity index (χ1v) is 6.99. The van der Waals surface area contributed by atoms with E-state index >= 15 is 0 Å². The maximum Gasteiger partial charge on any atom is 0.133 e. The second kappa shape index (κ2) is 4.26. The summed E-state index contributed by atoms with van der Waals surface area (Å²) in [5.74, 6) is 1.37. The first-order chi connectivity index (χ1) is 7.43. The standard InChI is InChI=1S/C11H19N3S/c1-2-6-13(5-1)10-9-15-11(12-10)14-7-3-4-8-14/h9,11-12H,1-8H2. The van der Waals surface area contributed by atoms with E-state index in [9.17, 15) is 0 Å². The van der Waals surface area contributed by atoms with Gasteiger partial charge >= 0.3 is 0 Å². The topological polar surface area (TPSA) is 18.5 Å². The van der Waals surface area contributed by atoms with Crippen molar-refractivity contribution in [3.63, 3.8) is 0 Å². The average molecular weight is 225 g/mol. The van der Waals surface area contributed by atoms with E-state index in [0.29, 0.717) is 5.50 Å². The molecule has 15 heavy (non-hydrogen) atoms. The molecule has 0 aliphatic carbocycles. The zero-order valence-corrected chi connectivity index (χ0v) is 9.93. The minimum atomic E-state index is 0.517. The molecule has 0 radical (unpaired) electrons. The van der Waals surface area contributed by atoms with Gasteiger partial charge in [0.05, 0.1) is 0 Å². The molecule has 4 heteroatoms. The van der Waals surface area contributed by atoms with Gasteiger partial charge in [-0.2, -0.15) is 0 Å². The molecule has 0 bridgehead atoms. The Morgan fingerprint density at radius 3 is 2.47 bits per heavy atom. The zero-order valence-electron chi connectivity index (χ0n) is 9.11. The summed E-state index contributed by atoms with van der Waals surface area (Å²) in [7, 11) is 0. The van der Waals surface area contributed by atoms with Crippen molar-refractivity contribution in [3.8, 4) is 0 Å². The zero-order chi connectivity index (χ0) is 10.1. The van der Waals surface area contributed by atoms with E-state index in [4.69, 9.17) is 0 Å². The Bertz CT molecular complexity index is 255. The number of hydrogen-bond acceptors (Lipinski definition) is 4. The fraction of sp³-hybridized carbons (Fsp3) is 0.818. The van der Waals surface area contributed by atoms with Crippen molar-refractivity contribution in [2.24, 2.45) is 0 Å². The Balaban J connectivity index is 1.56. The van der Waals surface area contributed by atoms with E-state index in [1.165, 1.54) is 57.7 Å². The Labute approximate surface area is 95.9 Å². The van der Waals surface area contributed by atoms with Gasteiger partial charge in [0.25, 0.3) is 0 Å². The summed E-state index contributed by atoms with van der Waals surface area (Å²) < 4.78 is 0. The smallest absolute Gasteiger partial charge is 0.133 e. The Morgan fingerprint density at radius 1 is 1.07 bits per heavy atom. The predicted octanol–water partition coefficient (Wildman–Crippen LogP) is 1.60. The quantitative estimate of drug-likeness (QED) is 0.769. The third kappa shape index (κ3) is 1.97. The summed E-state index contributed by atoms with van der Waals surface area (Å²) in [5, 5.41) is 5.96. The summed E-state index contributed by atoms with van der Waals surface area (Å²) in [4.78, 5) is 5.05. The van der Waals surface area contributed by atoms with E-state index in [1.807, 2.05) is 11.8 Å². The minimum absolute atomic E-state index is 0.517. The fourth-order valence-corrected chi connectivity index (χ4v) is 3.65. The molecule has 0 saturated carbocycles. The molecule has 3 heterocycles. The third-order valence-corrected chi connectivity index (χ3v) is 4.53. The van der Waals surface area contributed by atoms with Crippen molar-refractivity contribution < 1.29 is 0 Å². The number of thioether (sulfide) groups is 1. The van der Waals surface area contributed by atoms with Crippen LogP contribution in [0.2, 0.25) is 0 Å². The van der Waals surface area contributed by atoms with E-state index in [1.54, 1.807) is 0 Å². The molecule has 0 spiro atoms. The van der Waals surface area contributed by atoms with Crippen LogP contribution in [0.25, 0.3) is 0 Å². The van der Waals surface area contributed by atoms with Crippen LogP contribution in [0.1, 0.15) is 25.7 Å². The highest BCUT2D eigenvalue weighted by Gasteiger charge is 2.28. The SMILES string of the molecule is C1=C(N2CCCC2)NC(N2CCCC2)S1. The highest BCUT2D eigenvalue weighted by atomic mass is 32.2. The maximum atomic E-state index is 3.65. The Morgan fingerprint density at radius 2 is 1.73 bits per heavy atom. The maximum absolute atomic E-state index is 3.65. The van der Waals surface area contributed by atoms with E-state index in [2.05, 4.69) is 20.5 Å². The lowest BCUT2D eigenvalue weighted by molar-refractivity contribution is 0.273. The molecule has 0 amide bonds. The van der Waals surface area contributed by atoms with Crippen LogP contribution < -0.4 is 5.32 Å². The van der Waals surface area contributed by atoms with E-state index < -0.39 is 0 Å². The molecule has 3 nitrogen and oxygen atoms in total. The lowest BCUT2D eigenvalue weighted by Crippen LogP contribution is -2.41. The van der Waals surface area contributed by atoms with Crippen LogP contribution in [0.15, 0.2) is 11.2 Å². The van der Waals surface area contributed by atoms with Gasteiger partial charge in [-0.05, 0) is 25.7 Å². The summed E-state index contributed by atoms with van der Waals surface area (Å²) in [6.07, 6.45) is 5.46. The van der Waals surface area contributed by atoms with Crippen LogP contribution in [-0.2, 0) is 0 Å². The molecule has 0 aromatic heterocycles. The van der Waals surface area contributed by atoms with Crippen molar-refractivity contribution in [2.45, 2.75) is 31.2 Å². The number of rotatable bonds is 2. The molecule has 0 aromatic rings. The fourth-order valence-electron chi connectivity index (χ4n) is 2.60. The monoisotopic (exact) mass is 225 g/mol. The molecule has 2 saturated heterocycles. The predicted molar refractivity (Wildman–Crippen MR) is 64.2 cm³/mol. The van der Waals surface area contributed by atoms with Crippen molar-refractivity contribution in [3.05, 3.63) is 11.2 Å². The lowest BCUT2D eigenvalue weighted by atomic mass is 10.4. The molecule has 3 aliphatic heterocycles. The van der Waals surface area contributed by atoms with Gasteiger partial charge in [0.2, 0.25) is 0 Å². The van der Waals surface area contributed by atoms with Crippen LogP contribution >= 0.6 is 11.8 Å². The van der Waals surface area contributed by atoms with Crippen LogP contribution in [0.5, 0.6) is 0 Å². The molecule has 1 unspecified atom stereocenters. The van der Waals surface area contributed by atoms with Gasteiger partial charge in [-0.25, -0.2) is 0 Å². The van der Waals surface area contributed by atoms with Crippen LogP contribution in [0, 0.1) is 0 Å². The second-order valence-electron chi connectivity index (χ2n) is 4.57. The van der Waals surface area contributed by atoms with Crippen LogP contribution in [-0.4, -0.2) is 41.5 Å². The Kier molecular flexibility index (Phi) is 2.79. The lowest BCUT2D eigenvalue weighted by Gasteiger charge is -2.26. The summed E-state index contributed by atoms with van der Waals surface area (Å²) >= 11 is 1.95. The van der Waals surface area contributed by atoms with Crippen molar-refractivity contribution in [1.82, 2.24) is 15.1 Å². The molecule has 1 N–H and O–H groups in total. The normalized spacial score (nSPS) is 32.1. The van der Waals surface area contributed by atoms with E-state index in [-0.39, 0.29) is 0 Å². The summed E-state index contributed by atoms with van der Waals surface area (Å²) in [6.45, 7) is 5.02. The molecular formula is C11H19N3S. The minimum Gasteiger partial charge on any atom is -0.358 e. The largest absolute Gasteiger partial charge is 0.358 e. The molecule has 0 aromatic carbocycles. The van der Waals surface area contributed by atoms with Crippen LogP contribution in [0.4, 0.5) is 0 Å². The molecule has 3 aliphatic rings. The van der Waals surface area contributed by atoms with Crippen molar-refractivity contribution in [2.75, 3.05) is 26.2 Å². The van der Waals surface area contributed by atoms with Crippen molar-refractivity contribution >= 4 is 11.8 Å².